The molecule has 3 rings (SSSR count). The molecular formula is C21H17NO4S. The predicted molar refractivity (Wildman–Crippen MR) is 105 cm³/mol. The lowest BCUT2D eigenvalue weighted by atomic mass is 10.2. The summed E-state index contributed by atoms with van der Waals surface area (Å²) in [5, 5.41) is 11.8. The van der Waals surface area contributed by atoms with Crippen LogP contribution in [0.5, 0.6) is 0 Å². The zero-order valence-corrected chi connectivity index (χ0v) is 15.3. The fourth-order valence-corrected chi connectivity index (χ4v) is 2.83. The number of rotatable bonds is 6. The highest BCUT2D eigenvalue weighted by Gasteiger charge is 2.14. The van der Waals surface area contributed by atoms with Crippen LogP contribution in [-0.4, -0.2) is 23.2 Å². The lowest BCUT2D eigenvalue weighted by Crippen LogP contribution is -2.27. The van der Waals surface area contributed by atoms with E-state index in [2.05, 4.69) is 5.32 Å². The molecule has 0 saturated heterocycles. The van der Waals surface area contributed by atoms with E-state index in [4.69, 9.17) is 4.42 Å². The molecule has 2 N–H and O–H groups in total. The molecule has 0 unspecified atom stereocenters. The molecule has 0 aliphatic rings. The Hall–Kier alpha value is -3.25. The topological polar surface area (TPSA) is 79.5 Å². The summed E-state index contributed by atoms with van der Waals surface area (Å²) in [4.78, 5) is 24.8. The highest BCUT2D eigenvalue weighted by atomic mass is 32.2. The van der Waals surface area contributed by atoms with Gasteiger partial charge in [-0.05, 0) is 42.7 Å². The monoisotopic (exact) mass is 379 g/mol. The van der Waals surface area contributed by atoms with Gasteiger partial charge in [-0.3, -0.25) is 4.79 Å². The molecule has 0 radical (unpaired) electrons. The molecule has 6 heteroatoms. The van der Waals surface area contributed by atoms with Crippen LogP contribution in [0.15, 0.2) is 81.7 Å². The molecule has 27 heavy (non-hydrogen) atoms. The number of nitrogens with one attached hydrogen (secondary N) is 1. The van der Waals surface area contributed by atoms with E-state index in [1.54, 1.807) is 54.2 Å². The minimum atomic E-state index is -1.25. The molecule has 0 fully saturated rings. The number of carbonyl (C=O) groups excluding carboxylic acids is 1. The molecule has 1 amide bonds. The van der Waals surface area contributed by atoms with Gasteiger partial charge in [0.05, 0.1) is 0 Å². The fourth-order valence-electron chi connectivity index (χ4n) is 2.42. The molecule has 0 aliphatic heterocycles. The van der Waals surface area contributed by atoms with Crippen LogP contribution in [0.1, 0.15) is 16.1 Å². The summed E-state index contributed by atoms with van der Waals surface area (Å²) in [6.45, 7) is 0. The van der Waals surface area contributed by atoms with E-state index >= 15 is 0 Å². The highest BCUT2D eigenvalue weighted by Crippen LogP contribution is 2.25. The van der Waals surface area contributed by atoms with Gasteiger partial charge < -0.3 is 14.8 Å². The molecule has 2 aromatic carbocycles. The zero-order valence-electron chi connectivity index (χ0n) is 14.5. The quantitative estimate of drug-likeness (QED) is 0.486. The minimum absolute atomic E-state index is 0.262. The second-order valence-corrected chi connectivity index (χ2v) is 6.49. The van der Waals surface area contributed by atoms with Crippen molar-refractivity contribution in [1.82, 2.24) is 5.32 Å². The third kappa shape index (κ3) is 4.68. The Labute approximate surface area is 160 Å². The third-order valence-corrected chi connectivity index (χ3v) is 4.55. The van der Waals surface area contributed by atoms with E-state index in [1.165, 1.54) is 6.08 Å². The molecule has 1 heterocycles. The first-order chi connectivity index (χ1) is 13.1. The van der Waals surface area contributed by atoms with Crippen LogP contribution in [0.2, 0.25) is 0 Å². The third-order valence-electron chi connectivity index (χ3n) is 3.80. The maximum absolute atomic E-state index is 12.2. The fraction of sp³-hybridized carbons (Fsp3) is 0.0476. The van der Waals surface area contributed by atoms with Gasteiger partial charge in [0.1, 0.15) is 17.2 Å². The Kier molecular flexibility index (Phi) is 5.78. The Morgan fingerprint density at radius 2 is 1.70 bits per heavy atom. The Balaban J connectivity index is 1.81. The van der Waals surface area contributed by atoms with Crippen LogP contribution in [0.25, 0.3) is 17.4 Å². The summed E-state index contributed by atoms with van der Waals surface area (Å²) >= 11 is 1.65. The van der Waals surface area contributed by atoms with Crippen molar-refractivity contribution in [2.45, 2.75) is 4.90 Å². The molecular weight excluding hydrogens is 362 g/mol. The number of hydrogen-bond acceptors (Lipinski definition) is 4. The lowest BCUT2D eigenvalue weighted by Gasteiger charge is -2.05. The largest absolute Gasteiger partial charge is 0.477 e. The van der Waals surface area contributed by atoms with Crippen molar-refractivity contribution in [3.63, 3.8) is 0 Å². The van der Waals surface area contributed by atoms with Gasteiger partial charge >= 0.3 is 5.97 Å². The molecule has 5 nitrogen and oxygen atoms in total. The van der Waals surface area contributed by atoms with Crippen LogP contribution >= 0.6 is 11.8 Å². The molecule has 0 atom stereocenters. The van der Waals surface area contributed by atoms with Crippen LogP contribution in [-0.2, 0) is 4.79 Å². The van der Waals surface area contributed by atoms with Crippen LogP contribution in [0.3, 0.4) is 0 Å². The highest BCUT2D eigenvalue weighted by molar-refractivity contribution is 7.98. The molecule has 0 aliphatic carbocycles. The summed E-state index contributed by atoms with van der Waals surface area (Å²) in [7, 11) is 0. The molecule has 1 aromatic heterocycles. The molecule has 0 spiro atoms. The van der Waals surface area contributed by atoms with Gasteiger partial charge in [-0.1, -0.05) is 30.3 Å². The Morgan fingerprint density at radius 1 is 1.00 bits per heavy atom. The Morgan fingerprint density at radius 3 is 2.33 bits per heavy atom. The summed E-state index contributed by atoms with van der Waals surface area (Å²) in [6, 6.07) is 19.7. The average Bonchev–Trinajstić information content (AvgIpc) is 3.16. The summed E-state index contributed by atoms with van der Waals surface area (Å²) < 4.78 is 5.71. The predicted octanol–water partition coefficient (Wildman–Crippen LogP) is 4.52. The number of benzene rings is 2. The van der Waals surface area contributed by atoms with E-state index in [0.29, 0.717) is 17.1 Å². The van der Waals surface area contributed by atoms with Gasteiger partial charge in [0.15, 0.2) is 0 Å². The first kappa shape index (κ1) is 18.5. The smallest absolute Gasteiger partial charge is 0.352 e. The van der Waals surface area contributed by atoms with Crippen LogP contribution < -0.4 is 5.32 Å². The van der Waals surface area contributed by atoms with Gasteiger partial charge in [-0.25, -0.2) is 4.79 Å². The lowest BCUT2D eigenvalue weighted by molar-refractivity contribution is -0.132. The molecule has 0 saturated carbocycles. The summed E-state index contributed by atoms with van der Waals surface area (Å²) in [6.07, 6.45) is 3.30. The molecule has 3 aromatic rings. The zero-order chi connectivity index (χ0) is 19.2. The summed E-state index contributed by atoms with van der Waals surface area (Å²) in [5.41, 5.74) is 0.999. The second kappa shape index (κ2) is 8.42. The van der Waals surface area contributed by atoms with Gasteiger partial charge in [-0.15, -0.1) is 11.8 Å². The SMILES string of the molecule is CSc1ccc(-c2ccc(/C=C(\NC(=O)c3ccccc3)C(=O)O)o2)cc1. The number of aliphatic carboxylic acids is 1. The normalized spacial score (nSPS) is 11.2. The van der Waals surface area contributed by atoms with E-state index in [9.17, 15) is 14.7 Å². The van der Waals surface area contributed by atoms with E-state index in [-0.39, 0.29) is 5.70 Å². The van der Waals surface area contributed by atoms with Gasteiger partial charge in [-0.2, -0.15) is 0 Å². The van der Waals surface area contributed by atoms with Crippen LogP contribution in [0, 0.1) is 0 Å². The number of carbonyl (C=O) groups is 2. The Bertz CT molecular complexity index is 975. The van der Waals surface area contributed by atoms with E-state index < -0.39 is 11.9 Å². The van der Waals surface area contributed by atoms with Crippen molar-refractivity contribution >= 4 is 29.7 Å². The number of carboxylic acids is 1. The molecule has 0 bridgehead atoms. The number of amides is 1. The van der Waals surface area contributed by atoms with Gasteiger partial charge in [0.25, 0.3) is 5.91 Å². The number of hydrogen-bond donors (Lipinski definition) is 2. The number of carboxylic acid groups (broad SMARTS) is 1. The molecule has 136 valence electrons. The van der Waals surface area contributed by atoms with Crippen LogP contribution in [0.4, 0.5) is 0 Å². The standard InChI is InChI=1S/C21H17NO4S/c1-27-17-10-7-14(8-11-17)19-12-9-16(26-19)13-18(21(24)25)22-20(23)15-5-3-2-4-6-15/h2-13H,1H3,(H,22,23)(H,24,25)/b18-13-. The first-order valence-electron chi connectivity index (χ1n) is 8.12. The van der Waals surface area contributed by atoms with Gasteiger partial charge in [0.2, 0.25) is 0 Å². The minimum Gasteiger partial charge on any atom is -0.477 e. The van der Waals surface area contributed by atoms with Crippen molar-refractivity contribution in [2.75, 3.05) is 6.26 Å². The van der Waals surface area contributed by atoms with Crippen molar-refractivity contribution in [3.05, 3.63) is 83.8 Å². The van der Waals surface area contributed by atoms with Crippen molar-refractivity contribution in [3.8, 4) is 11.3 Å². The first-order valence-corrected chi connectivity index (χ1v) is 9.35. The van der Waals surface area contributed by atoms with Gasteiger partial charge in [0, 0.05) is 22.1 Å². The second-order valence-electron chi connectivity index (χ2n) is 5.61. The van der Waals surface area contributed by atoms with Crippen molar-refractivity contribution in [2.24, 2.45) is 0 Å². The number of furan rings is 1. The van der Waals surface area contributed by atoms with E-state index in [1.807, 2.05) is 30.5 Å². The van der Waals surface area contributed by atoms with E-state index in [0.717, 1.165) is 10.5 Å². The van der Waals surface area contributed by atoms with Crippen molar-refractivity contribution < 1.29 is 19.1 Å². The maximum atomic E-state index is 12.2. The number of thioether (sulfide) groups is 1. The van der Waals surface area contributed by atoms with Crippen molar-refractivity contribution in [1.29, 1.82) is 0 Å². The maximum Gasteiger partial charge on any atom is 0.352 e. The summed E-state index contributed by atoms with van der Waals surface area (Å²) in [5.74, 6) is -0.789. The average molecular weight is 379 g/mol.